The number of guanidine groups is 2. The first-order valence-corrected chi connectivity index (χ1v) is 32.5. The molecule has 2 aromatic heterocycles. The van der Waals surface area contributed by atoms with E-state index >= 15 is 0 Å². The van der Waals surface area contributed by atoms with Gasteiger partial charge in [0.25, 0.3) is 0 Å². The van der Waals surface area contributed by atoms with Gasteiger partial charge in [0.1, 0.15) is 54.4 Å². The minimum atomic E-state index is -1.52. The Morgan fingerprint density at radius 3 is 1.88 bits per heavy atom. The molecule has 494 valence electrons. The first kappa shape index (κ1) is 70.3. The first-order valence-electron chi connectivity index (χ1n) is 30.0. The molecule has 1 aliphatic rings. The van der Waals surface area contributed by atoms with Gasteiger partial charge in [0, 0.05) is 86.2 Å². The number of primary amides is 1. The van der Waals surface area contributed by atoms with Crippen molar-refractivity contribution in [1.82, 2.24) is 62.8 Å². The summed E-state index contributed by atoms with van der Waals surface area (Å²) in [7, 11) is 1.95. The maximum atomic E-state index is 14.8. The van der Waals surface area contributed by atoms with Crippen LogP contribution in [0, 0.1) is 0 Å². The predicted molar refractivity (Wildman–Crippen MR) is 355 cm³/mol. The molecule has 21 N–H and O–H groups in total. The van der Waals surface area contributed by atoms with Gasteiger partial charge in [-0.3, -0.25) is 57.9 Å². The highest BCUT2D eigenvalue weighted by atomic mass is 33.1. The highest BCUT2D eigenvalue weighted by molar-refractivity contribution is 8.76. The molecular weight excluding hydrogens is 1230 g/mol. The third-order valence-electron chi connectivity index (χ3n) is 15.0. The first-order chi connectivity index (χ1) is 44.6. The fraction of sp³-hybridized carbons (Fsp3) is 0.371. The predicted octanol–water partition coefficient (Wildman–Crippen LogP) is -1.29. The maximum absolute atomic E-state index is 14.8. The Balaban J connectivity index is 1.23. The number of aromatic amines is 2. The van der Waals surface area contributed by atoms with E-state index in [-0.39, 0.29) is 87.9 Å². The fourth-order valence-corrected chi connectivity index (χ4v) is 12.6. The number of hydrogen-bond acceptors (Lipinski definition) is 15. The van der Waals surface area contributed by atoms with Crippen molar-refractivity contribution in [2.24, 2.45) is 38.7 Å². The standard InChI is InChI=1S/C62H79N19O10S2/c1-34-53(84)77-49(28-40-30-68-33-72-40)59(90)78-46(25-36-13-4-3-5-14-36)56(87)75-44(21-11-23-69-61(64)65)54(85)79-48(27-39-29-71-43-20-9-8-19-42(39)43)58(89)80-50(52(63)83)31-92-93-32-51(60(91)73-34)81-55(86)45(22-12-24-70-62(66)67)76-57(88)47(74-35(2)82)26-38-17-10-16-37-15-6-7-18-41(37)38/h3-10,13-20,29-30,33-34,44-51,71H,11-12,21-28,31-32H2,1-2H3,(H2,63,83)(H,68,72)(H,73,91)(H,74,82)(H,75,87)(H,76,88)(H,77,84)(H,78,90)(H,79,85)(H,80,89)(H,81,86)(H4,64,65,69)(H4,66,67,70)/t34-,44+,45+,46-,47+,48+,49+,50+,51+/m1/s1. The van der Waals surface area contributed by atoms with Gasteiger partial charge in [-0.15, -0.1) is 0 Å². The number of benzene rings is 4. The lowest BCUT2D eigenvalue weighted by Gasteiger charge is -2.27. The van der Waals surface area contributed by atoms with Gasteiger partial charge in [-0.05, 0) is 66.1 Å². The summed E-state index contributed by atoms with van der Waals surface area (Å²) in [6.45, 7) is 2.66. The molecule has 4 aromatic carbocycles. The molecule has 0 aliphatic carbocycles. The van der Waals surface area contributed by atoms with Gasteiger partial charge in [0.2, 0.25) is 59.1 Å². The summed E-state index contributed by atoms with van der Waals surface area (Å²) in [5.74, 6) is -9.19. The van der Waals surface area contributed by atoms with Crippen LogP contribution in [-0.2, 0) is 73.6 Å². The molecule has 7 rings (SSSR count). The summed E-state index contributed by atoms with van der Waals surface area (Å²) >= 11 is 0. The smallest absolute Gasteiger partial charge is 0.244 e. The van der Waals surface area contributed by atoms with E-state index in [1.54, 1.807) is 42.6 Å². The second-order valence-electron chi connectivity index (χ2n) is 22.2. The zero-order valence-electron chi connectivity index (χ0n) is 51.3. The van der Waals surface area contributed by atoms with E-state index in [4.69, 9.17) is 28.7 Å². The van der Waals surface area contributed by atoms with Crippen molar-refractivity contribution in [2.75, 3.05) is 24.6 Å². The van der Waals surface area contributed by atoms with Gasteiger partial charge >= 0.3 is 0 Å². The average Bonchev–Trinajstić information content (AvgIpc) is 1.88. The molecule has 0 saturated carbocycles. The topological polar surface area (TPSA) is 478 Å². The minimum absolute atomic E-state index is 0.0251. The highest BCUT2D eigenvalue weighted by Gasteiger charge is 2.36. The zero-order valence-corrected chi connectivity index (χ0v) is 52.9. The number of carbonyl (C=O) groups excluding carboxylic acids is 10. The Bertz CT molecular complexity index is 3650. The van der Waals surface area contributed by atoms with E-state index in [1.165, 1.54) is 26.4 Å². The van der Waals surface area contributed by atoms with Crippen LogP contribution >= 0.6 is 21.6 Å². The third kappa shape index (κ3) is 21.8. The third-order valence-corrected chi connectivity index (χ3v) is 17.4. The molecule has 1 saturated heterocycles. The van der Waals surface area contributed by atoms with Gasteiger partial charge in [-0.2, -0.15) is 0 Å². The summed E-state index contributed by atoms with van der Waals surface area (Å²) < 4.78 is 0. The van der Waals surface area contributed by atoms with Crippen LogP contribution < -0.4 is 76.5 Å². The second kappa shape index (κ2) is 34.9. The maximum Gasteiger partial charge on any atom is 0.244 e. The number of para-hydroxylation sites is 1. The largest absolute Gasteiger partial charge is 0.370 e. The number of hydrogen-bond donors (Lipinski definition) is 16. The number of nitrogens with zero attached hydrogens (tertiary/aromatic N) is 3. The number of H-pyrrole nitrogens is 2. The van der Waals surface area contributed by atoms with Crippen molar-refractivity contribution in [3.8, 4) is 0 Å². The van der Waals surface area contributed by atoms with Gasteiger partial charge < -0.3 is 86.5 Å². The van der Waals surface area contributed by atoms with Crippen LogP contribution in [0.2, 0.25) is 0 Å². The van der Waals surface area contributed by atoms with Gasteiger partial charge in [0.05, 0.1) is 6.33 Å². The van der Waals surface area contributed by atoms with Crippen molar-refractivity contribution >= 4 is 114 Å². The zero-order chi connectivity index (χ0) is 67.0. The van der Waals surface area contributed by atoms with E-state index in [2.05, 4.69) is 72.8 Å². The van der Waals surface area contributed by atoms with Gasteiger partial charge in [-0.25, -0.2) is 4.98 Å². The molecule has 10 amide bonds. The Hall–Kier alpha value is -10.2. The summed E-state index contributed by atoms with van der Waals surface area (Å²) in [5, 5.41) is 26.9. The molecule has 0 radical (unpaired) electrons. The molecule has 1 aliphatic heterocycles. The van der Waals surface area contributed by atoms with Crippen LogP contribution in [0.3, 0.4) is 0 Å². The molecule has 0 bridgehead atoms. The van der Waals surface area contributed by atoms with Crippen molar-refractivity contribution in [3.63, 3.8) is 0 Å². The summed E-state index contributed by atoms with van der Waals surface area (Å²) in [5.41, 5.74) is 31.4. The van der Waals surface area contributed by atoms with E-state index in [1.807, 2.05) is 60.7 Å². The molecule has 1 fully saturated rings. The molecule has 9 atom stereocenters. The van der Waals surface area contributed by atoms with Gasteiger partial charge in [0.15, 0.2) is 11.9 Å². The lowest BCUT2D eigenvalue weighted by atomic mass is 9.98. The highest BCUT2D eigenvalue weighted by Crippen LogP contribution is 2.25. The van der Waals surface area contributed by atoms with E-state index < -0.39 is 113 Å². The number of aliphatic imine (C=N–C) groups is 2. The number of carbonyl (C=O) groups is 10. The Labute approximate surface area is 543 Å². The van der Waals surface area contributed by atoms with Gasteiger partial charge in [-0.1, -0.05) is 113 Å². The molecule has 0 spiro atoms. The monoisotopic (exact) mass is 1310 g/mol. The van der Waals surface area contributed by atoms with Crippen molar-refractivity contribution < 1.29 is 47.9 Å². The number of fused-ring (bicyclic) bond motifs is 2. The molecule has 93 heavy (non-hydrogen) atoms. The quantitative estimate of drug-likeness (QED) is 0.0163. The summed E-state index contributed by atoms with van der Waals surface area (Å²) in [6, 6.07) is 16.3. The van der Waals surface area contributed by atoms with Crippen LogP contribution in [0.25, 0.3) is 21.7 Å². The number of aromatic nitrogens is 3. The fourth-order valence-electron chi connectivity index (χ4n) is 10.2. The Kier molecular flexibility index (Phi) is 26.4. The van der Waals surface area contributed by atoms with E-state index in [9.17, 15) is 47.9 Å². The molecule has 3 heterocycles. The molecule has 6 aromatic rings. The molecule has 31 heteroatoms. The van der Waals surface area contributed by atoms with Crippen molar-refractivity contribution in [1.29, 1.82) is 0 Å². The van der Waals surface area contributed by atoms with Crippen molar-refractivity contribution in [3.05, 3.63) is 138 Å². The van der Waals surface area contributed by atoms with E-state index in [0.29, 0.717) is 16.8 Å². The number of rotatable bonds is 22. The average molecular weight is 1310 g/mol. The van der Waals surface area contributed by atoms with E-state index in [0.717, 1.165) is 48.8 Å². The number of nitrogens with one attached hydrogen (secondary N) is 11. The minimum Gasteiger partial charge on any atom is -0.370 e. The SMILES string of the molecule is CC(=O)N[C@@H](Cc1cccc2ccccc12)C(=O)N[C@@H](CCCN=C(N)N)C(=O)N[C@H]1CSSC[C@@H](C(N)=O)NC(=O)[C@H](Cc2c[nH]c3ccccc23)NC(=O)[C@H](CCCN=C(N)N)NC(=O)[C@@H](Cc2ccccc2)NC(=O)[C@H](Cc2cnc[nH]2)NC(=O)[C@@H](C)NC1=O. The number of amides is 10. The van der Waals surface area contributed by atoms with Crippen LogP contribution in [0.5, 0.6) is 0 Å². The lowest BCUT2D eigenvalue weighted by molar-refractivity contribution is -0.135. The normalized spacial score (nSPS) is 20.4. The Morgan fingerprint density at radius 2 is 1.19 bits per heavy atom. The molecule has 29 nitrogen and oxygen atoms in total. The van der Waals surface area contributed by atoms with Crippen molar-refractivity contribution in [2.45, 2.75) is 120 Å². The molecule has 0 unspecified atom stereocenters. The lowest BCUT2D eigenvalue weighted by Crippen LogP contribution is -2.61. The number of imidazole rings is 1. The summed E-state index contributed by atoms with van der Waals surface area (Å²) in [6.07, 6.45) is 4.15. The van der Waals surface area contributed by atoms with Crippen LogP contribution in [-0.4, -0.2) is 165 Å². The second-order valence-corrected chi connectivity index (χ2v) is 24.7. The van der Waals surface area contributed by atoms with Crippen LogP contribution in [0.15, 0.2) is 126 Å². The number of nitrogens with two attached hydrogens (primary N) is 5. The summed E-state index contributed by atoms with van der Waals surface area (Å²) in [4.78, 5) is 161. The van der Waals surface area contributed by atoms with Crippen LogP contribution in [0.1, 0.15) is 61.9 Å². The van der Waals surface area contributed by atoms with Crippen LogP contribution in [0.4, 0.5) is 0 Å². The molecular formula is C62H79N19O10S2. The Morgan fingerprint density at radius 1 is 0.591 bits per heavy atom.